The largest absolute Gasteiger partial charge is 0.374 e. The first-order valence-corrected chi connectivity index (χ1v) is 9.43. The topological polar surface area (TPSA) is 25.5 Å². The molecule has 1 aliphatic rings. The molecule has 2 heterocycles. The molecule has 0 aliphatic carbocycles. The van der Waals surface area contributed by atoms with Gasteiger partial charge in [0.15, 0.2) is 5.16 Å². The van der Waals surface area contributed by atoms with Gasteiger partial charge in [0.05, 0.1) is 13.2 Å². The van der Waals surface area contributed by atoms with Crippen molar-refractivity contribution in [2.45, 2.75) is 5.16 Å². The lowest BCUT2D eigenvalue weighted by Gasteiger charge is -2.19. The zero-order valence-electron chi connectivity index (χ0n) is 15.0. The Morgan fingerprint density at radius 3 is 2.68 bits per heavy atom. The lowest BCUT2D eigenvalue weighted by Crippen LogP contribution is -2.98. The van der Waals surface area contributed by atoms with Gasteiger partial charge in [-0.2, -0.15) is 0 Å². The standard InChI is InChI=1S/C20H24N4S/c1-22-12-10-18(16-22)5-4-17-6-8-19(9-7-17)23(2)14-15-25-20-21-11-13-24(20)3/h4-13,16H,14-15H2,1-3H3/p+1/b5-4+. The number of anilines is 1. The number of benzene rings is 1. The van der Waals surface area contributed by atoms with E-state index in [1.165, 1.54) is 21.7 Å². The van der Waals surface area contributed by atoms with Crippen LogP contribution in [0.1, 0.15) is 5.56 Å². The summed E-state index contributed by atoms with van der Waals surface area (Å²) in [5, 5.41) is 1.07. The molecule has 1 aliphatic heterocycles. The molecule has 0 radical (unpaired) electrons. The third-order valence-electron chi connectivity index (χ3n) is 4.17. The molecule has 25 heavy (non-hydrogen) atoms. The van der Waals surface area contributed by atoms with Crippen molar-refractivity contribution in [2.24, 2.45) is 7.05 Å². The number of imidazole rings is 1. The van der Waals surface area contributed by atoms with Gasteiger partial charge in [-0.25, -0.2) is 4.98 Å². The van der Waals surface area contributed by atoms with Gasteiger partial charge in [-0.15, -0.1) is 0 Å². The van der Waals surface area contributed by atoms with Crippen LogP contribution in [-0.2, 0) is 7.05 Å². The molecule has 5 heteroatoms. The van der Waals surface area contributed by atoms with Crippen molar-refractivity contribution in [3.8, 4) is 0 Å². The van der Waals surface area contributed by atoms with Crippen molar-refractivity contribution in [2.75, 3.05) is 31.3 Å². The molecule has 130 valence electrons. The summed E-state index contributed by atoms with van der Waals surface area (Å²) < 4.78 is 2.06. The first-order valence-electron chi connectivity index (χ1n) is 8.44. The minimum Gasteiger partial charge on any atom is -0.374 e. The number of hydrogen-bond donors (Lipinski definition) is 1. The molecule has 0 bridgehead atoms. The van der Waals surface area contributed by atoms with E-state index < -0.39 is 0 Å². The van der Waals surface area contributed by atoms with E-state index in [1.54, 1.807) is 11.8 Å². The molecule has 0 spiro atoms. The van der Waals surface area contributed by atoms with Gasteiger partial charge in [0.1, 0.15) is 6.20 Å². The van der Waals surface area contributed by atoms with E-state index in [0.29, 0.717) is 0 Å². The second-order valence-electron chi connectivity index (χ2n) is 6.24. The number of quaternary nitrogens is 1. The Bertz CT molecular complexity index is 786. The van der Waals surface area contributed by atoms with Gasteiger partial charge >= 0.3 is 0 Å². The average molecular weight is 354 g/mol. The quantitative estimate of drug-likeness (QED) is 0.775. The second-order valence-corrected chi connectivity index (χ2v) is 7.30. The summed E-state index contributed by atoms with van der Waals surface area (Å²) in [6.45, 7) is 0.986. The maximum atomic E-state index is 4.34. The number of hydrogen-bond acceptors (Lipinski definition) is 3. The van der Waals surface area contributed by atoms with Gasteiger partial charge in [0.25, 0.3) is 0 Å². The first-order chi connectivity index (χ1) is 12.1. The first kappa shape index (κ1) is 17.6. The smallest absolute Gasteiger partial charge is 0.167 e. The van der Waals surface area contributed by atoms with Crippen LogP contribution in [0.25, 0.3) is 6.08 Å². The molecule has 4 nitrogen and oxygen atoms in total. The normalized spacial score (nSPS) is 16.6. The van der Waals surface area contributed by atoms with E-state index in [9.17, 15) is 0 Å². The Balaban J connectivity index is 1.51. The van der Waals surface area contributed by atoms with E-state index in [4.69, 9.17) is 0 Å². The number of aromatic nitrogens is 2. The van der Waals surface area contributed by atoms with E-state index in [0.717, 1.165) is 17.5 Å². The fourth-order valence-electron chi connectivity index (χ4n) is 2.62. The van der Waals surface area contributed by atoms with Crippen LogP contribution in [0.4, 0.5) is 5.69 Å². The van der Waals surface area contributed by atoms with Gasteiger partial charge in [0.2, 0.25) is 0 Å². The molecule has 1 aromatic heterocycles. The molecule has 0 saturated heterocycles. The van der Waals surface area contributed by atoms with Crippen LogP contribution < -0.4 is 9.80 Å². The summed E-state index contributed by atoms with van der Waals surface area (Å²) in [4.78, 5) is 7.93. The van der Waals surface area contributed by atoms with Crippen LogP contribution in [0.3, 0.4) is 0 Å². The number of rotatable bonds is 7. The molecular weight excluding hydrogens is 328 g/mol. The van der Waals surface area contributed by atoms with Crippen molar-refractivity contribution in [3.63, 3.8) is 0 Å². The lowest BCUT2D eigenvalue weighted by atomic mass is 10.1. The predicted molar refractivity (Wildman–Crippen MR) is 107 cm³/mol. The Morgan fingerprint density at radius 1 is 1.24 bits per heavy atom. The second kappa shape index (κ2) is 8.23. The van der Waals surface area contributed by atoms with Gasteiger partial charge in [-0.1, -0.05) is 30.0 Å². The van der Waals surface area contributed by atoms with Crippen LogP contribution in [0, 0.1) is 0 Å². The fourth-order valence-corrected chi connectivity index (χ4v) is 3.56. The number of nitrogens with zero attached hydrogens (tertiary/aromatic N) is 3. The molecule has 0 fully saturated rings. The highest BCUT2D eigenvalue weighted by Crippen LogP contribution is 2.18. The van der Waals surface area contributed by atoms with Crippen LogP contribution >= 0.6 is 11.8 Å². The Hall–Kier alpha value is -2.24. The van der Waals surface area contributed by atoms with Gasteiger partial charge in [-0.3, -0.25) is 4.90 Å². The predicted octanol–water partition coefficient (Wildman–Crippen LogP) is 2.59. The number of thioether (sulfide) groups is 1. The van der Waals surface area contributed by atoms with E-state index in [2.05, 4.69) is 83.4 Å². The highest BCUT2D eigenvalue weighted by atomic mass is 32.2. The summed E-state index contributed by atoms with van der Waals surface area (Å²) in [6.07, 6.45) is 14.6. The average Bonchev–Trinajstić information content (AvgIpc) is 3.22. The van der Waals surface area contributed by atoms with Crippen molar-refractivity contribution < 1.29 is 4.90 Å². The SMILES string of the molecule is CN(CCSc1nccn1C)c1ccc(/C=C/C2=C[NH+](C)C=C2)cc1. The third kappa shape index (κ3) is 4.87. The summed E-state index contributed by atoms with van der Waals surface area (Å²) in [5.74, 6) is 1.01. The monoisotopic (exact) mass is 353 g/mol. The van der Waals surface area contributed by atoms with Crippen molar-refractivity contribution in [1.82, 2.24) is 9.55 Å². The zero-order valence-corrected chi connectivity index (χ0v) is 15.8. The van der Waals surface area contributed by atoms with Gasteiger partial charge in [-0.05, 0) is 23.8 Å². The molecule has 0 saturated carbocycles. The van der Waals surface area contributed by atoms with Crippen molar-refractivity contribution in [1.29, 1.82) is 0 Å². The van der Waals surface area contributed by atoms with Crippen molar-refractivity contribution in [3.05, 3.63) is 72.3 Å². The van der Waals surface area contributed by atoms with Gasteiger partial charge in [0, 0.05) is 56.1 Å². The van der Waals surface area contributed by atoms with Crippen molar-refractivity contribution >= 4 is 23.5 Å². The van der Waals surface area contributed by atoms with Crippen LogP contribution in [-0.4, -0.2) is 35.9 Å². The van der Waals surface area contributed by atoms with Crippen LogP contribution in [0.2, 0.25) is 0 Å². The third-order valence-corrected chi connectivity index (χ3v) is 5.21. The summed E-state index contributed by atoms with van der Waals surface area (Å²) in [7, 11) is 6.28. The molecule has 2 aromatic rings. The number of nitrogens with one attached hydrogen (secondary N) is 1. The molecular formula is C20H25N4S+. The molecule has 1 atom stereocenters. The molecule has 1 N–H and O–H groups in total. The maximum absolute atomic E-state index is 4.34. The van der Waals surface area contributed by atoms with Crippen LogP contribution in [0.15, 0.2) is 71.9 Å². The summed E-state index contributed by atoms with van der Waals surface area (Å²) >= 11 is 1.79. The molecule has 1 aromatic carbocycles. The summed E-state index contributed by atoms with van der Waals surface area (Å²) in [6, 6.07) is 8.71. The highest BCUT2D eigenvalue weighted by molar-refractivity contribution is 7.99. The maximum Gasteiger partial charge on any atom is 0.167 e. The van der Waals surface area contributed by atoms with E-state index >= 15 is 0 Å². The van der Waals surface area contributed by atoms with Crippen LogP contribution in [0.5, 0.6) is 0 Å². The van der Waals surface area contributed by atoms with E-state index in [-0.39, 0.29) is 0 Å². The summed E-state index contributed by atoms with van der Waals surface area (Å²) in [5.41, 5.74) is 3.71. The molecule has 0 amide bonds. The number of aryl methyl sites for hydroxylation is 1. The molecule has 3 rings (SSSR count). The van der Waals surface area contributed by atoms with E-state index in [1.807, 2.05) is 19.4 Å². The molecule has 1 unspecified atom stereocenters. The lowest BCUT2D eigenvalue weighted by molar-refractivity contribution is -0.763. The zero-order chi connectivity index (χ0) is 17.6. The Morgan fingerprint density at radius 2 is 2.04 bits per heavy atom. The Kier molecular flexibility index (Phi) is 5.79. The highest BCUT2D eigenvalue weighted by Gasteiger charge is 2.05. The minimum absolute atomic E-state index is 0.986. The number of allylic oxidation sites excluding steroid dienone is 3. The van der Waals surface area contributed by atoms with Gasteiger partial charge < -0.3 is 9.47 Å². The Labute approximate surface area is 154 Å². The fraction of sp³-hybridized carbons (Fsp3) is 0.250. The minimum atomic E-state index is 0.986.